The molecule has 0 aromatic heterocycles. The van der Waals surface area contributed by atoms with E-state index in [0.29, 0.717) is 0 Å². The van der Waals surface area contributed by atoms with Crippen LogP contribution in [0, 0.1) is 0 Å². The van der Waals surface area contributed by atoms with Gasteiger partial charge in [0.05, 0.1) is 12.2 Å². The SMILES string of the molecule is Cl[C@H]1C[C@@H](CCc2ccccc2)O[C@@H](c2ccccc2)C1. The van der Waals surface area contributed by atoms with Crippen molar-refractivity contribution < 1.29 is 4.74 Å². The van der Waals surface area contributed by atoms with Crippen molar-refractivity contribution in [2.75, 3.05) is 0 Å². The molecule has 1 heterocycles. The van der Waals surface area contributed by atoms with Gasteiger partial charge in [-0.2, -0.15) is 0 Å². The number of aryl methyl sites for hydroxylation is 1. The Bertz CT molecular complexity index is 540. The van der Waals surface area contributed by atoms with Crippen LogP contribution in [-0.2, 0) is 11.2 Å². The molecule has 1 nitrogen and oxygen atoms in total. The summed E-state index contributed by atoms with van der Waals surface area (Å²) in [4.78, 5) is 0. The summed E-state index contributed by atoms with van der Waals surface area (Å²) in [6, 6.07) is 21.0. The molecular formula is C19H21ClO. The van der Waals surface area contributed by atoms with Gasteiger partial charge in [-0.25, -0.2) is 0 Å². The van der Waals surface area contributed by atoms with E-state index in [-0.39, 0.29) is 17.6 Å². The predicted molar refractivity (Wildman–Crippen MR) is 87.7 cm³/mol. The highest BCUT2D eigenvalue weighted by atomic mass is 35.5. The van der Waals surface area contributed by atoms with Crippen molar-refractivity contribution in [3.8, 4) is 0 Å². The highest BCUT2D eigenvalue weighted by Gasteiger charge is 2.28. The molecule has 2 heteroatoms. The monoisotopic (exact) mass is 300 g/mol. The third kappa shape index (κ3) is 4.09. The van der Waals surface area contributed by atoms with E-state index in [2.05, 4.69) is 54.6 Å². The van der Waals surface area contributed by atoms with Crippen LogP contribution >= 0.6 is 11.6 Å². The normalized spacial score (nSPS) is 25.7. The molecule has 1 fully saturated rings. The number of hydrogen-bond acceptors (Lipinski definition) is 1. The van der Waals surface area contributed by atoms with Gasteiger partial charge in [0.15, 0.2) is 0 Å². The average molecular weight is 301 g/mol. The maximum atomic E-state index is 6.46. The maximum absolute atomic E-state index is 6.46. The van der Waals surface area contributed by atoms with Gasteiger partial charge in [-0.15, -0.1) is 11.6 Å². The molecule has 1 aliphatic heterocycles. The van der Waals surface area contributed by atoms with Crippen LogP contribution in [0.25, 0.3) is 0 Å². The third-order valence-electron chi connectivity index (χ3n) is 4.11. The molecule has 2 aromatic carbocycles. The van der Waals surface area contributed by atoms with E-state index in [0.717, 1.165) is 25.7 Å². The first-order valence-electron chi connectivity index (χ1n) is 7.69. The zero-order valence-electron chi connectivity index (χ0n) is 12.1. The van der Waals surface area contributed by atoms with Crippen molar-refractivity contribution in [1.29, 1.82) is 0 Å². The van der Waals surface area contributed by atoms with Crippen molar-refractivity contribution in [2.45, 2.75) is 43.3 Å². The summed E-state index contributed by atoms with van der Waals surface area (Å²) < 4.78 is 6.28. The first-order chi connectivity index (χ1) is 10.3. The second-order valence-electron chi connectivity index (χ2n) is 5.75. The van der Waals surface area contributed by atoms with Crippen LogP contribution in [-0.4, -0.2) is 11.5 Å². The molecule has 0 amide bonds. The number of ether oxygens (including phenoxy) is 1. The van der Waals surface area contributed by atoms with Gasteiger partial charge in [-0.05, 0) is 36.8 Å². The van der Waals surface area contributed by atoms with Crippen molar-refractivity contribution in [3.05, 3.63) is 71.8 Å². The summed E-state index contributed by atoms with van der Waals surface area (Å²) in [6.07, 6.45) is 4.35. The first-order valence-corrected chi connectivity index (χ1v) is 8.13. The molecular weight excluding hydrogens is 280 g/mol. The van der Waals surface area contributed by atoms with Crippen molar-refractivity contribution in [2.24, 2.45) is 0 Å². The van der Waals surface area contributed by atoms with Gasteiger partial charge in [-0.3, -0.25) is 0 Å². The van der Waals surface area contributed by atoms with E-state index in [1.165, 1.54) is 11.1 Å². The quantitative estimate of drug-likeness (QED) is 0.710. The zero-order valence-corrected chi connectivity index (χ0v) is 12.9. The van der Waals surface area contributed by atoms with Gasteiger partial charge in [-0.1, -0.05) is 60.7 Å². The number of hydrogen-bond donors (Lipinski definition) is 0. The molecule has 0 spiro atoms. The van der Waals surface area contributed by atoms with Gasteiger partial charge < -0.3 is 4.74 Å². The number of alkyl halides is 1. The number of rotatable bonds is 4. The lowest BCUT2D eigenvalue weighted by molar-refractivity contribution is -0.0528. The molecule has 3 rings (SSSR count). The van der Waals surface area contributed by atoms with Crippen LogP contribution in [0.4, 0.5) is 0 Å². The summed E-state index contributed by atoms with van der Waals surface area (Å²) >= 11 is 6.46. The molecule has 0 unspecified atom stereocenters. The van der Waals surface area contributed by atoms with Gasteiger partial charge in [0.1, 0.15) is 0 Å². The molecule has 21 heavy (non-hydrogen) atoms. The fraction of sp³-hybridized carbons (Fsp3) is 0.368. The second-order valence-corrected chi connectivity index (χ2v) is 6.37. The predicted octanol–water partition coefficient (Wildman–Crippen LogP) is 5.15. The van der Waals surface area contributed by atoms with E-state index in [4.69, 9.17) is 16.3 Å². The van der Waals surface area contributed by atoms with Crippen LogP contribution in [0.5, 0.6) is 0 Å². The Morgan fingerprint density at radius 1 is 0.905 bits per heavy atom. The van der Waals surface area contributed by atoms with E-state index in [1.807, 2.05) is 6.07 Å². The Hall–Kier alpha value is -1.31. The lowest BCUT2D eigenvalue weighted by Gasteiger charge is -2.33. The molecule has 0 bridgehead atoms. The standard InChI is InChI=1S/C19H21ClO/c20-17-13-18(12-11-15-7-3-1-4-8-15)21-19(14-17)16-9-5-2-6-10-16/h1-10,17-19H,11-14H2/t17-,18+,19+/m0/s1. The molecule has 1 saturated heterocycles. The van der Waals surface area contributed by atoms with E-state index < -0.39 is 0 Å². The summed E-state index contributed by atoms with van der Waals surface area (Å²) in [7, 11) is 0. The van der Waals surface area contributed by atoms with Crippen LogP contribution in [0.2, 0.25) is 0 Å². The van der Waals surface area contributed by atoms with Crippen LogP contribution < -0.4 is 0 Å². The fourth-order valence-corrected chi connectivity index (χ4v) is 3.36. The van der Waals surface area contributed by atoms with Gasteiger partial charge in [0.2, 0.25) is 0 Å². The first kappa shape index (κ1) is 14.6. The summed E-state index contributed by atoms with van der Waals surface area (Å²) in [5, 5.41) is 0.213. The molecule has 2 aromatic rings. The Morgan fingerprint density at radius 2 is 1.57 bits per heavy atom. The highest BCUT2D eigenvalue weighted by molar-refractivity contribution is 6.20. The highest BCUT2D eigenvalue weighted by Crippen LogP contribution is 2.35. The number of benzene rings is 2. The summed E-state index contributed by atoms with van der Waals surface area (Å²) in [6.45, 7) is 0. The third-order valence-corrected chi connectivity index (χ3v) is 4.47. The Morgan fingerprint density at radius 3 is 2.29 bits per heavy atom. The van der Waals surface area contributed by atoms with E-state index in [1.54, 1.807) is 0 Å². The van der Waals surface area contributed by atoms with Gasteiger partial charge >= 0.3 is 0 Å². The van der Waals surface area contributed by atoms with Crippen molar-refractivity contribution in [3.63, 3.8) is 0 Å². The molecule has 0 radical (unpaired) electrons. The van der Waals surface area contributed by atoms with Crippen LogP contribution in [0.3, 0.4) is 0 Å². The molecule has 3 atom stereocenters. The summed E-state index contributed by atoms with van der Waals surface area (Å²) in [5.41, 5.74) is 2.61. The zero-order chi connectivity index (χ0) is 14.5. The van der Waals surface area contributed by atoms with E-state index >= 15 is 0 Å². The largest absolute Gasteiger partial charge is 0.370 e. The maximum Gasteiger partial charge on any atom is 0.0842 e. The molecule has 1 aliphatic rings. The minimum atomic E-state index is 0.142. The molecule has 0 aliphatic carbocycles. The minimum absolute atomic E-state index is 0.142. The molecule has 0 N–H and O–H groups in total. The van der Waals surface area contributed by atoms with Crippen molar-refractivity contribution >= 4 is 11.6 Å². The van der Waals surface area contributed by atoms with Gasteiger partial charge in [0.25, 0.3) is 0 Å². The average Bonchev–Trinajstić information content (AvgIpc) is 2.54. The summed E-state index contributed by atoms with van der Waals surface area (Å²) in [5.74, 6) is 0. The Labute approximate surface area is 131 Å². The second kappa shape index (κ2) is 7.11. The minimum Gasteiger partial charge on any atom is -0.370 e. The Kier molecular flexibility index (Phi) is 4.95. The van der Waals surface area contributed by atoms with Crippen molar-refractivity contribution in [1.82, 2.24) is 0 Å². The molecule has 110 valence electrons. The van der Waals surface area contributed by atoms with Crippen LogP contribution in [0.15, 0.2) is 60.7 Å². The van der Waals surface area contributed by atoms with Crippen LogP contribution in [0.1, 0.15) is 36.5 Å². The lowest BCUT2D eigenvalue weighted by Crippen LogP contribution is -2.29. The lowest BCUT2D eigenvalue weighted by atomic mass is 9.95. The number of halogens is 1. The van der Waals surface area contributed by atoms with E-state index in [9.17, 15) is 0 Å². The van der Waals surface area contributed by atoms with Gasteiger partial charge in [0, 0.05) is 5.38 Å². The Balaban J connectivity index is 1.61. The fourth-order valence-electron chi connectivity index (χ4n) is 3.00. The smallest absolute Gasteiger partial charge is 0.0842 e. The topological polar surface area (TPSA) is 9.23 Å². The molecule has 0 saturated carbocycles.